The van der Waals surface area contributed by atoms with Crippen LogP contribution >= 0.6 is 11.6 Å². The van der Waals surface area contributed by atoms with Crippen molar-refractivity contribution in [2.75, 3.05) is 7.11 Å². The van der Waals surface area contributed by atoms with Crippen LogP contribution in [0.4, 0.5) is 0 Å². The van der Waals surface area contributed by atoms with Crippen molar-refractivity contribution in [3.8, 4) is 5.75 Å². The van der Waals surface area contributed by atoms with E-state index in [1.54, 1.807) is 12.1 Å². The summed E-state index contributed by atoms with van der Waals surface area (Å²) in [5, 5.41) is 3.10. The van der Waals surface area contributed by atoms with E-state index in [1.165, 1.54) is 13.2 Å². The lowest BCUT2D eigenvalue weighted by Crippen LogP contribution is -2.39. The number of methoxy groups -OCH3 is 1. The standard InChI is InChI=1S/C16H17ClN2O4/c1-21-14-8-7-12(17)10-13(14)16(20)19-15(22-23-18)9-11-5-3-2-4-6-11/h2-8,10,15H,9,18H2,1H3,(H,19,20)/t15-/m0/s1. The molecule has 0 spiro atoms. The Kier molecular flexibility index (Phi) is 6.37. The number of carbonyl (C=O) groups excluding carboxylic acids is 1. The minimum atomic E-state index is -0.765. The van der Waals surface area contributed by atoms with Crippen LogP contribution in [0.1, 0.15) is 15.9 Å². The van der Waals surface area contributed by atoms with Crippen LogP contribution in [0.15, 0.2) is 48.5 Å². The minimum absolute atomic E-state index is 0.290. The number of hydrogen-bond donors (Lipinski definition) is 2. The topological polar surface area (TPSA) is 82.8 Å². The molecule has 0 aliphatic carbocycles. The average Bonchev–Trinajstić information content (AvgIpc) is 2.56. The molecule has 1 amide bonds. The maximum atomic E-state index is 12.4. The Morgan fingerprint density at radius 3 is 2.65 bits per heavy atom. The van der Waals surface area contributed by atoms with Crippen molar-refractivity contribution < 1.29 is 19.4 Å². The van der Waals surface area contributed by atoms with Gasteiger partial charge in [-0.1, -0.05) is 41.9 Å². The van der Waals surface area contributed by atoms with Crippen LogP contribution in [-0.2, 0) is 16.3 Å². The number of benzene rings is 2. The van der Waals surface area contributed by atoms with Gasteiger partial charge in [-0.2, -0.15) is 10.8 Å². The van der Waals surface area contributed by atoms with Gasteiger partial charge in [-0.3, -0.25) is 4.79 Å². The first-order valence-electron chi connectivity index (χ1n) is 6.84. The number of nitrogens with one attached hydrogen (secondary N) is 1. The molecule has 0 bridgehead atoms. The summed E-state index contributed by atoms with van der Waals surface area (Å²) >= 11 is 5.93. The van der Waals surface area contributed by atoms with E-state index in [9.17, 15) is 4.79 Å². The van der Waals surface area contributed by atoms with Gasteiger partial charge in [0.1, 0.15) is 5.75 Å². The summed E-state index contributed by atoms with van der Waals surface area (Å²) in [6.45, 7) is 0. The first-order chi connectivity index (χ1) is 11.1. The Balaban J connectivity index is 2.13. The van der Waals surface area contributed by atoms with Crippen LogP contribution in [-0.4, -0.2) is 19.2 Å². The minimum Gasteiger partial charge on any atom is -0.496 e. The third kappa shape index (κ3) is 4.94. The molecule has 0 heterocycles. The van der Waals surface area contributed by atoms with Crippen LogP contribution in [0.25, 0.3) is 0 Å². The molecule has 3 N–H and O–H groups in total. The Morgan fingerprint density at radius 2 is 2.00 bits per heavy atom. The first kappa shape index (κ1) is 17.2. The summed E-state index contributed by atoms with van der Waals surface area (Å²) in [5.74, 6) is 4.95. The smallest absolute Gasteiger partial charge is 0.257 e. The van der Waals surface area contributed by atoms with Crippen molar-refractivity contribution in [2.24, 2.45) is 5.90 Å². The SMILES string of the molecule is COc1ccc(Cl)cc1C(=O)N[C@H](Cc1ccccc1)OON. The first-order valence-corrected chi connectivity index (χ1v) is 7.22. The molecule has 6 nitrogen and oxygen atoms in total. The van der Waals surface area contributed by atoms with Crippen molar-refractivity contribution in [2.45, 2.75) is 12.6 Å². The van der Waals surface area contributed by atoms with Gasteiger partial charge in [0.2, 0.25) is 0 Å². The molecular formula is C16H17ClN2O4. The Bertz CT molecular complexity index is 652. The summed E-state index contributed by atoms with van der Waals surface area (Å²) in [6, 6.07) is 14.2. The van der Waals surface area contributed by atoms with E-state index in [1.807, 2.05) is 30.3 Å². The molecule has 0 aliphatic heterocycles. The Labute approximate surface area is 139 Å². The van der Waals surface area contributed by atoms with Crippen molar-refractivity contribution in [3.63, 3.8) is 0 Å². The number of rotatable bonds is 7. The number of ether oxygens (including phenoxy) is 1. The van der Waals surface area contributed by atoms with Gasteiger partial charge in [-0.05, 0) is 23.8 Å². The lowest BCUT2D eigenvalue weighted by atomic mass is 10.1. The molecule has 122 valence electrons. The van der Waals surface area contributed by atoms with Crippen LogP contribution < -0.4 is 16.0 Å². The summed E-state index contributed by atoms with van der Waals surface area (Å²) in [6.07, 6.45) is -0.384. The number of amides is 1. The molecular weight excluding hydrogens is 320 g/mol. The quantitative estimate of drug-likeness (QED) is 0.461. The zero-order valence-corrected chi connectivity index (χ0v) is 13.2. The predicted molar refractivity (Wildman–Crippen MR) is 85.8 cm³/mol. The van der Waals surface area contributed by atoms with E-state index < -0.39 is 12.1 Å². The third-order valence-electron chi connectivity index (χ3n) is 3.13. The van der Waals surface area contributed by atoms with Gasteiger partial charge in [0.15, 0.2) is 6.23 Å². The Hall–Kier alpha value is -2.12. The summed E-state index contributed by atoms with van der Waals surface area (Å²) in [7, 11) is 1.47. The lowest BCUT2D eigenvalue weighted by molar-refractivity contribution is -0.332. The van der Waals surface area contributed by atoms with Gasteiger partial charge < -0.3 is 10.1 Å². The van der Waals surface area contributed by atoms with Gasteiger partial charge in [-0.25, -0.2) is 0 Å². The second kappa shape index (κ2) is 8.50. The normalized spacial score (nSPS) is 11.8. The molecule has 0 fully saturated rings. The zero-order chi connectivity index (χ0) is 16.7. The van der Waals surface area contributed by atoms with E-state index in [0.29, 0.717) is 22.8 Å². The number of carbonyl (C=O) groups is 1. The maximum Gasteiger partial charge on any atom is 0.257 e. The van der Waals surface area contributed by atoms with E-state index in [-0.39, 0.29) is 0 Å². The van der Waals surface area contributed by atoms with E-state index >= 15 is 0 Å². The van der Waals surface area contributed by atoms with Crippen LogP contribution in [0.5, 0.6) is 5.75 Å². The summed E-state index contributed by atoms with van der Waals surface area (Å²) in [5.41, 5.74) is 1.24. The zero-order valence-electron chi connectivity index (χ0n) is 12.5. The molecule has 2 aromatic carbocycles. The number of hydrogen-bond acceptors (Lipinski definition) is 5. The highest BCUT2D eigenvalue weighted by Crippen LogP contribution is 2.22. The molecule has 7 heteroatoms. The molecule has 0 saturated carbocycles. The molecule has 2 rings (SSSR count). The number of halogens is 1. The third-order valence-corrected chi connectivity index (χ3v) is 3.37. The average molecular weight is 337 g/mol. The summed E-state index contributed by atoms with van der Waals surface area (Å²) < 4.78 is 5.17. The van der Waals surface area contributed by atoms with E-state index in [4.69, 9.17) is 27.1 Å². The summed E-state index contributed by atoms with van der Waals surface area (Å²) in [4.78, 5) is 21.6. The van der Waals surface area contributed by atoms with E-state index in [0.717, 1.165) is 5.56 Å². The van der Waals surface area contributed by atoms with Crippen molar-refractivity contribution in [3.05, 3.63) is 64.7 Å². The predicted octanol–water partition coefficient (Wildman–Crippen LogP) is 2.47. The fourth-order valence-corrected chi connectivity index (χ4v) is 2.26. The molecule has 0 saturated heterocycles. The molecule has 0 aliphatic rings. The fraction of sp³-hybridized carbons (Fsp3) is 0.188. The van der Waals surface area contributed by atoms with E-state index in [2.05, 4.69) is 10.3 Å². The molecule has 1 atom stereocenters. The highest BCUT2D eigenvalue weighted by atomic mass is 35.5. The van der Waals surface area contributed by atoms with Gasteiger partial charge in [0.25, 0.3) is 5.91 Å². The monoisotopic (exact) mass is 336 g/mol. The second-order valence-electron chi connectivity index (χ2n) is 4.69. The molecule has 0 radical (unpaired) electrons. The molecule has 0 unspecified atom stereocenters. The maximum absolute atomic E-state index is 12.4. The van der Waals surface area contributed by atoms with Gasteiger partial charge in [-0.15, -0.1) is 4.99 Å². The number of nitrogens with two attached hydrogens (primary N) is 1. The Morgan fingerprint density at radius 1 is 1.26 bits per heavy atom. The lowest BCUT2D eigenvalue weighted by Gasteiger charge is -2.17. The van der Waals surface area contributed by atoms with Gasteiger partial charge in [0.05, 0.1) is 12.7 Å². The van der Waals surface area contributed by atoms with Crippen molar-refractivity contribution in [1.82, 2.24) is 5.32 Å². The molecule has 0 aromatic heterocycles. The van der Waals surface area contributed by atoms with Gasteiger partial charge in [0, 0.05) is 11.4 Å². The second-order valence-corrected chi connectivity index (χ2v) is 5.13. The largest absolute Gasteiger partial charge is 0.496 e. The molecule has 23 heavy (non-hydrogen) atoms. The van der Waals surface area contributed by atoms with Crippen LogP contribution in [0, 0.1) is 0 Å². The highest BCUT2D eigenvalue weighted by molar-refractivity contribution is 6.31. The fourth-order valence-electron chi connectivity index (χ4n) is 2.09. The van der Waals surface area contributed by atoms with Crippen LogP contribution in [0.3, 0.4) is 0 Å². The highest BCUT2D eigenvalue weighted by Gasteiger charge is 2.19. The van der Waals surface area contributed by atoms with Gasteiger partial charge >= 0.3 is 0 Å². The molecule has 2 aromatic rings. The van der Waals surface area contributed by atoms with Crippen molar-refractivity contribution >= 4 is 17.5 Å². The van der Waals surface area contributed by atoms with Crippen LogP contribution in [0.2, 0.25) is 5.02 Å². The van der Waals surface area contributed by atoms with Crippen molar-refractivity contribution in [1.29, 1.82) is 0 Å².